The molecule has 1 saturated heterocycles. The number of hydrogen-bond acceptors (Lipinski definition) is 3. The van der Waals surface area contributed by atoms with E-state index in [0.29, 0.717) is 5.92 Å². The number of likely N-dealkylation sites (tertiary alicyclic amines) is 1. The van der Waals surface area contributed by atoms with Crippen molar-refractivity contribution in [3.8, 4) is 5.75 Å². The second-order valence-corrected chi connectivity index (χ2v) is 5.78. The van der Waals surface area contributed by atoms with Gasteiger partial charge in [0, 0.05) is 19.1 Å². The van der Waals surface area contributed by atoms with Crippen molar-refractivity contribution >= 4 is 5.91 Å². The number of alkyl halides is 2. The van der Waals surface area contributed by atoms with Gasteiger partial charge in [-0.05, 0) is 43.4 Å². The monoisotopic (exact) mass is 312 g/mol. The van der Waals surface area contributed by atoms with E-state index in [1.807, 2.05) is 11.8 Å². The summed E-state index contributed by atoms with van der Waals surface area (Å²) in [7, 11) is 0. The lowest BCUT2D eigenvalue weighted by Crippen LogP contribution is -2.43. The largest absolute Gasteiger partial charge is 0.435 e. The molecule has 0 radical (unpaired) electrons. The molecule has 1 unspecified atom stereocenters. The number of piperidine rings is 1. The Hall–Kier alpha value is -1.69. The van der Waals surface area contributed by atoms with Gasteiger partial charge in [0.05, 0.1) is 6.42 Å². The number of halogens is 2. The zero-order valence-corrected chi connectivity index (χ0v) is 12.7. The van der Waals surface area contributed by atoms with Gasteiger partial charge in [-0.15, -0.1) is 0 Å². The zero-order chi connectivity index (χ0) is 16.1. The highest BCUT2D eigenvalue weighted by Gasteiger charge is 2.24. The molecule has 0 aliphatic carbocycles. The Labute approximate surface area is 129 Å². The Morgan fingerprint density at radius 3 is 2.41 bits per heavy atom. The molecule has 1 aromatic rings. The summed E-state index contributed by atoms with van der Waals surface area (Å²) in [5, 5.41) is 0. The Bertz CT molecular complexity index is 483. The predicted octanol–water partition coefficient (Wildman–Crippen LogP) is 2.42. The first-order valence-corrected chi connectivity index (χ1v) is 7.53. The molecular weight excluding hydrogens is 290 g/mol. The van der Waals surface area contributed by atoms with Crippen molar-refractivity contribution in [3.63, 3.8) is 0 Å². The van der Waals surface area contributed by atoms with Gasteiger partial charge in [0.25, 0.3) is 0 Å². The average molecular weight is 312 g/mol. The molecule has 2 N–H and O–H groups in total. The van der Waals surface area contributed by atoms with Crippen molar-refractivity contribution in [2.75, 3.05) is 13.1 Å². The van der Waals surface area contributed by atoms with Crippen LogP contribution >= 0.6 is 0 Å². The number of carbonyl (C=O) groups is 1. The second kappa shape index (κ2) is 7.54. The van der Waals surface area contributed by atoms with Gasteiger partial charge in [0.1, 0.15) is 5.75 Å². The van der Waals surface area contributed by atoms with Gasteiger partial charge in [-0.1, -0.05) is 12.1 Å². The third-order valence-electron chi connectivity index (χ3n) is 4.14. The van der Waals surface area contributed by atoms with E-state index in [9.17, 15) is 13.6 Å². The number of amides is 1. The molecule has 2 rings (SSSR count). The van der Waals surface area contributed by atoms with Crippen LogP contribution in [-0.4, -0.2) is 36.5 Å². The lowest BCUT2D eigenvalue weighted by atomic mass is 9.91. The summed E-state index contributed by atoms with van der Waals surface area (Å²) in [5.74, 6) is 0.643. The van der Waals surface area contributed by atoms with Crippen LogP contribution in [0.25, 0.3) is 0 Å². The van der Waals surface area contributed by atoms with Crippen LogP contribution in [0.15, 0.2) is 24.3 Å². The van der Waals surface area contributed by atoms with Crippen LogP contribution in [0.2, 0.25) is 0 Å². The molecule has 1 aliphatic heterocycles. The smallest absolute Gasteiger partial charge is 0.387 e. The third-order valence-corrected chi connectivity index (χ3v) is 4.14. The number of ether oxygens (including phenoxy) is 1. The molecule has 1 atom stereocenters. The summed E-state index contributed by atoms with van der Waals surface area (Å²) < 4.78 is 28.4. The Balaban J connectivity index is 1.84. The maximum atomic E-state index is 12.3. The van der Waals surface area contributed by atoms with Crippen LogP contribution in [0.4, 0.5) is 8.78 Å². The fraction of sp³-hybridized carbons (Fsp3) is 0.562. The van der Waals surface area contributed by atoms with E-state index in [1.165, 1.54) is 12.1 Å². The summed E-state index contributed by atoms with van der Waals surface area (Å²) in [6, 6.07) is 6.36. The number of benzene rings is 1. The van der Waals surface area contributed by atoms with Crippen LogP contribution in [0, 0.1) is 5.92 Å². The predicted molar refractivity (Wildman–Crippen MR) is 79.7 cm³/mol. The van der Waals surface area contributed by atoms with Crippen molar-refractivity contribution in [2.24, 2.45) is 11.7 Å². The average Bonchev–Trinajstić information content (AvgIpc) is 2.49. The van der Waals surface area contributed by atoms with Crippen LogP contribution in [-0.2, 0) is 11.2 Å². The summed E-state index contributed by atoms with van der Waals surface area (Å²) in [6.07, 6.45) is 2.15. The minimum absolute atomic E-state index is 0.0608. The molecular formula is C16H22F2N2O2. The van der Waals surface area contributed by atoms with E-state index >= 15 is 0 Å². The fourth-order valence-corrected chi connectivity index (χ4v) is 2.75. The highest BCUT2D eigenvalue weighted by Crippen LogP contribution is 2.21. The van der Waals surface area contributed by atoms with E-state index in [2.05, 4.69) is 4.74 Å². The lowest BCUT2D eigenvalue weighted by molar-refractivity contribution is -0.131. The van der Waals surface area contributed by atoms with Gasteiger partial charge in [0.15, 0.2) is 0 Å². The Morgan fingerprint density at radius 2 is 1.91 bits per heavy atom. The van der Waals surface area contributed by atoms with Crippen molar-refractivity contribution in [2.45, 2.75) is 38.8 Å². The highest BCUT2D eigenvalue weighted by atomic mass is 19.3. The molecule has 0 spiro atoms. The molecule has 0 bridgehead atoms. The molecule has 1 amide bonds. The second-order valence-electron chi connectivity index (χ2n) is 5.78. The van der Waals surface area contributed by atoms with Gasteiger partial charge in [-0.3, -0.25) is 4.79 Å². The van der Waals surface area contributed by atoms with Gasteiger partial charge in [-0.25, -0.2) is 0 Å². The van der Waals surface area contributed by atoms with Gasteiger partial charge < -0.3 is 15.4 Å². The first kappa shape index (κ1) is 16.7. The van der Waals surface area contributed by atoms with Crippen LogP contribution in [0.1, 0.15) is 25.3 Å². The van der Waals surface area contributed by atoms with Crippen LogP contribution in [0.5, 0.6) is 5.75 Å². The van der Waals surface area contributed by atoms with Gasteiger partial charge >= 0.3 is 6.61 Å². The Kier molecular flexibility index (Phi) is 5.71. The minimum Gasteiger partial charge on any atom is -0.435 e. The number of hydrogen-bond donors (Lipinski definition) is 1. The first-order valence-electron chi connectivity index (χ1n) is 7.53. The van der Waals surface area contributed by atoms with E-state index in [1.54, 1.807) is 12.1 Å². The maximum absolute atomic E-state index is 12.3. The molecule has 0 aromatic heterocycles. The summed E-state index contributed by atoms with van der Waals surface area (Å²) in [6.45, 7) is 0.638. The molecule has 1 fully saturated rings. The van der Waals surface area contributed by atoms with Gasteiger partial charge in [0.2, 0.25) is 5.91 Å². The molecule has 1 aliphatic rings. The van der Waals surface area contributed by atoms with E-state index in [-0.39, 0.29) is 24.1 Å². The summed E-state index contributed by atoms with van der Waals surface area (Å²) in [5.41, 5.74) is 6.68. The fourth-order valence-electron chi connectivity index (χ4n) is 2.75. The van der Waals surface area contributed by atoms with Crippen molar-refractivity contribution in [1.82, 2.24) is 4.90 Å². The quantitative estimate of drug-likeness (QED) is 0.908. The topological polar surface area (TPSA) is 55.6 Å². The van der Waals surface area contributed by atoms with E-state index in [4.69, 9.17) is 5.73 Å². The van der Waals surface area contributed by atoms with Gasteiger partial charge in [-0.2, -0.15) is 8.78 Å². The van der Waals surface area contributed by atoms with Crippen LogP contribution < -0.4 is 10.5 Å². The highest BCUT2D eigenvalue weighted by molar-refractivity contribution is 5.78. The van der Waals surface area contributed by atoms with E-state index in [0.717, 1.165) is 31.5 Å². The normalized spacial score (nSPS) is 17.6. The number of nitrogens with zero attached hydrogens (tertiary/aromatic N) is 1. The molecule has 22 heavy (non-hydrogen) atoms. The molecule has 1 heterocycles. The lowest BCUT2D eigenvalue weighted by Gasteiger charge is -2.33. The third kappa shape index (κ3) is 4.66. The standard InChI is InChI=1S/C16H22F2N2O2/c1-11(19)13-6-8-20(9-7-13)15(21)10-12-2-4-14(5-3-12)22-16(17)18/h2-5,11,13,16H,6-10,19H2,1H3. The molecule has 4 nitrogen and oxygen atoms in total. The van der Waals surface area contributed by atoms with E-state index < -0.39 is 6.61 Å². The maximum Gasteiger partial charge on any atom is 0.387 e. The number of rotatable bonds is 5. The molecule has 0 saturated carbocycles. The molecule has 1 aromatic carbocycles. The molecule has 122 valence electrons. The summed E-state index contributed by atoms with van der Waals surface area (Å²) >= 11 is 0. The SMILES string of the molecule is CC(N)C1CCN(C(=O)Cc2ccc(OC(F)F)cc2)CC1. The van der Waals surface area contributed by atoms with Crippen molar-refractivity contribution in [3.05, 3.63) is 29.8 Å². The zero-order valence-electron chi connectivity index (χ0n) is 12.7. The van der Waals surface area contributed by atoms with Crippen molar-refractivity contribution < 1.29 is 18.3 Å². The summed E-state index contributed by atoms with van der Waals surface area (Å²) in [4.78, 5) is 14.1. The minimum atomic E-state index is -2.83. The first-order chi connectivity index (χ1) is 10.5. The molecule has 6 heteroatoms. The van der Waals surface area contributed by atoms with Crippen molar-refractivity contribution in [1.29, 1.82) is 0 Å². The number of carbonyl (C=O) groups excluding carboxylic acids is 1. The van der Waals surface area contributed by atoms with Crippen LogP contribution in [0.3, 0.4) is 0 Å². The Morgan fingerprint density at radius 1 is 1.32 bits per heavy atom. The number of nitrogens with two attached hydrogens (primary N) is 1.